The third-order valence-corrected chi connectivity index (χ3v) is 5.37. The van der Waals surface area contributed by atoms with Gasteiger partial charge in [-0.05, 0) is 34.7 Å². The van der Waals surface area contributed by atoms with Crippen LogP contribution in [0.15, 0.2) is 40.3 Å². The highest BCUT2D eigenvalue weighted by molar-refractivity contribution is 14.1. The summed E-state index contributed by atoms with van der Waals surface area (Å²) in [5.74, 6) is 0.321. The molecule has 2 aromatic rings. The first-order valence-electron chi connectivity index (χ1n) is 7.13. The van der Waals surface area contributed by atoms with Crippen LogP contribution in [0.2, 0.25) is 0 Å². The average molecular weight is 507 g/mol. The Bertz CT molecular complexity index is 1010. The molecule has 10 nitrogen and oxygen atoms in total. The standard InChI is InChI=1S/C15H14IN3O7S/c1-25-13-4-3-11(7-14(13)26-2)27(23,24)18-17-8-9-5-10(19(21)22)6-12(16)15(9)20/h3-8,18,20H,1-2H3/b17-8-. The maximum atomic E-state index is 12.3. The van der Waals surface area contributed by atoms with E-state index in [4.69, 9.17) is 9.47 Å². The van der Waals surface area contributed by atoms with Crippen LogP contribution < -0.4 is 14.3 Å². The first-order chi connectivity index (χ1) is 12.7. The molecule has 27 heavy (non-hydrogen) atoms. The number of hydrogen-bond acceptors (Lipinski definition) is 8. The number of nitrogens with zero attached hydrogens (tertiary/aromatic N) is 2. The predicted molar refractivity (Wildman–Crippen MR) is 105 cm³/mol. The van der Waals surface area contributed by atoms with E-state index in [0.717, 1.165) is 12.3 Å². The molecule has 0 fully saturated rings. The number of rotatable bonds is 7. The zero-order chi connectivity index (χ0) is 20.2. The Morgan fingerprint density at radius 2 is 1.89 bits per heavy atom. The molecule has 0 saturated carbocycles. The first kappa shape index (κ1) is 20.7. The monoisotopic (exact) mass is 507 g/mol. The van der Waals surface area contributed by atoms with Crippen LogP contribution in [0, 0.1) is 13.7 Å². The summed E-state index contributed by atoms with van der Waals surface area (Å²) in [7, 11) is -1.25. The zero-order valence-electron chi connectivity index (χ0n) is 14.0. The van der Waals surface area contributed by atoms with Gasteiger partial charge < -0.3 is 14.6 Å². The van der Waals surface area contributed by atoms with Crippen LogP contribution in [0.5, 0.6) is 17.2 Å². The Kier molecular flexibility index (Phi) is 6.43. The third-order valence-electron chi connectivity index (χ3n) is 3.33. The summed E-state index contributed by atoms with van der Waals surface area (Å²) >= 11 is 1.72. The van der Waals surface area contributed by atoms with Gasteiger partial charge in [0.2, 0.25) is 0 Å². The minimum atomic E-state index is -4.04. The van der Waals surface area contributed by atoms with Crippen LogP contribution >= 0.6 is 22.6 Å². The van der Waals surface area contributed by atoms with Gasteiger partial charge in [0, 0.05) is 23.8 Å². The molecule has 0 bridgehead atoms. The zero-order valence-corrected chi connectivity index (χ0v) is 17.0. The molecule has 0 aliphatic rings. The van der Waals surface area contributed by atoms with Crippen LogP contribution in [0.3, 0.4) is 0 Å². The number of halogens is 1. The second-order valence-corrected chi connectivity index (χ2v) is 7.82. The number of nitro groups is 1. The fourth-order valence-corrected chi connectivity index (χ4v) is 3.45. The van der Waals surface area contributed by atoms with Crippen molar-refractivity contribution in [2.75, 3.05) is 14.2 Å². The number of nitrogens with one attached hydrogen (secondary N) is 1. The number of methoxy groups -OCH3 is 2. The number of hydrazone groups is 1. The Balaban J connectivity index is 2.29. The van der Waals surface area contributed by atoms with E-state index in [1.54, 1.807) is 22.6 Å². The third kappa shape index (κ3) is 4.77. The number of benzene rings is 2. The van der Waals surface area contributed by atoms with Crippen molar-refractivity contribution in [2.45, 2.75) is 4.90 Å². The highest BCUT2D eigenvalue weighted by Gasteiger charge is 2.17. The van der Waals surface area contributed by atoms with E-state index in [-0.39, 0.29) is 31.2 Å². The minimum absolute atomic E-state index is 0.0105. The number of ether oxygens (including phenoxy) is 2. The SMILES string of the molecule is COc1ccc(S(=O)(=O)N/N=C\c2cc([N+](=O)[O-])cc(I)c2O)cc1OC. The van der Waals surface area contributed by atoms with E-state index in [1.165, 1.54) is 38.5 Å². The lowest BCUT2D eigenvalue weighted by atomic mass is 10.2. The molecule has 2 N–H and O–H groups in total. The maximum Gasteiger partial charge on any atom is 0.276 e. The smallest absolute Gasteiger partial charge is 0.276 e. The lowest BCUT2D eigenvalue weighted by molar-refractivity contribution is -0.385. The molecule has 12 heteroatoms. The topological polar surface area (TPSA) is 140 Å². The van der Waals surface area contributed by atoms with Gasteiger partial charge in [0.15, 0.2) is 11.5 Å². The average Bonchev–Trinajstić information content (AvgIpc) is 2.64. The molecular weight excluding hydrogens is 493 g/mol. The highest BCUT2D eigenvalue weighted by atomic mass is 127. The van der Waals surface area contributed by atoms with Gasteiger partial charge in [0.1, 0.15) is 5.75 Å². The predicted octanol–water partition coefficient (Wildman–Crippen LogP) is 2.23. The number of sulfonamides is 1. The van der Waals surface area contributed by atoms with Gasteiger partial charge in [-0.3, -0.25) is 10.1 Å². The number of phenolic OH excluding ortho intramolecular Hbond substituents is 1. The van der Waals surface area contributed by atoms with Crippen LogP contribution in [-0.2, 0) is 10.0 Å². The second-order valence-electron chi connectivity index (χ2n) is 4.99. The van der Waals surface area contributed by atoms with Crippen molar-refractivity contribution < 1.29 is 27.9 Å². The van der Waals surface area contributed by atoms with Crippen molar-refractivity contribution in [1.29, 1.82) is 0 Å². The Labute approximate surface area is 168 Å². The summed E-state index contributed by atoms with van der Waals surface area (Å²) in [5.41, 5.74) is -0.273. The van der Waals surface area contributed by atoms with Gasteiger partial charge in [0.25, 0.3) is 15.7 Å². The molecule has 0 unspecified atom stereocenters. The van der Waals surface area contributed by atoms with Gasteiger partial charge in [-0.15, -0.1) is 0 Å². The molecule has 0 saturated heterocycles. The van der Waals surface area contributed by atoms with E-state index in [9.17, 15) is 23.6 Å². The summed E-state index contributed by atoms with van der Waals surface area (Å²) in [5, 5.41) is 24.4. The van der Waals surface area contributed by atoms with E-state index in [2.05, 4.69) is 5.10 Å². The molecular formula is C15H14IN3O7S. The van der Waals surface area contributed by atoms with Crippen LogP contribution in [-0.4, -0.2) is 38.9 Å². The van der Waals surface area contributed by atoms with E-state index >= 15 is 0 Å². The molecule has 0 spiro atoms. The molecule has 0 aliphatic heterocycles. The van der Waals surface area contributed by atoms with Crippen molar-refractivity contribution >= 4 is 44.5 Å². The molecule has 2 rings (SSSR count). The van der Waals surface area contributed by atoms with Gasteiger partial charge in [0.05, 0.1) is 33.8 Å². The van der Waals surface area contributed by atoms with Gasteiger partial charge in [-0.1, -0.05) is 0 Å². The molecule has 0 aliphatic carbocycles. The van der Waals surface area contributed by atoms with Crippen molar-refractivity contribution in [3.8, 4) is 17.2 Å². The molecule has 0 amide bonds. The minimum Gasteiger partial charge on any atom is -0.506 e. The molecule has 0 aromatic heterocycles. The van der Waals surface area contributed by atoms with E-state index in [0.29, 0.717) is 5.75 Å². The number of phenols is 1. The number of hydrogen-bond donors (Lipinski definition) is 2. The number of nitro benzene ring substituents is 1. The van der Waals surface area contributed by atoms with Crippen LogP contribution in [0.25, 0.3) is 0 Å². The van der Waals surface area contributed by atoms with Gasteiger partial charge in [-0.2, -0.15) is 13.5 Å². The molecule has 0 radical (unpaired) electrons. The summed E-state index contributed by atoms with van der Waals surface area (Å²) in [4.78, 5) is 12.1. The lowest BCUT2D eigenvalue weighted by Crippen LogP contribution is -2.18. The van der Waals surface area contributed by atoms with Crippen LogP contribution in [0.4, 0.5) is 5.69 Å². The van der Waals surface area contributed by atoms with Gasteiger partial charge in [-0.25, -0.2) is 4.83 Å². The quantitative estimate of drug-likeness (QED) is 0.254. The molecule has 144 valence electrons. The summed E-state index contributed by atoms with van der Waals surface area (Å²) in [6.07, 6.45) is 0.975. The molecule has 0 atom stereocenters. The van der Waals surface area contributed by atoms with Crippen molar-refractivity contribution in [1.82, 2.24) is 4.83 Å². The largest absolute Gasteiger partial charge is 0.506 e. The normalized spacial score (nSPS) is 11.4. The number of non-ortho nitro benzene ring substituents is 1. The van der Waals surface area contributed by atoms with E-state index < -0.39 is 14.9 Å². The first-order valence-corrected chi connectivity index (χ1v) is 9.69. The lowest BCUT2D eigenvalue weighted by Gasteiger charge is -2.09. The van der Waals surface area contributed by atoms with Crippen molar-refractivity contribution in [3.63, 3.8) is 0 Å². The fraction of sp³-hybridized carbons (Fsp3) is 0.133. The second kappa shape index (κ2) is 8.39. The van der Waals surface area contributed by atoms with Crippen LogP contribution in [0.1, 0.15) is 5.56 Å². The maximum absolute atomic E-state index is 12.3. The van der Waals surface area contributed by atoms with Gasteiger partial charge >= 0.3 is 0 Å². The highest BCUT2D eigenvalue weighted by Crippen LogP contribution is 2.30. The summed E-state index contributed by atoms with van der Waals surface area (Å²) < 4.78 is 35.0. The molecule has 0 heterocycles. The summed E-state index contributed by atoms with van der Waals surface area (Å²) in [6.45, 7) is 0. The van der Waals surface area contributed by atoms with Crippen molar-refractivity contribution in [3.05, 3.63) is 49.6 Å². The van der Waals surface area contributed by atoms with E-state index in [1.807, 2.05) is 4.83 Å². The fourth-order valence-electron chi connectivity index (χ4n) is 2.01. The Hall–Kier alpha value is -2.61. The molecule has 2 aromatic carbocycles. The number of aromatic hydroxyl groups is 1. The summed E-state index contributed by atoms with van der Waals surface area (Å²) in [6, 6.07) is 6.23. The van der Waals surface area contributed by atoms with Crippen molar-refractivity contribution in [2.24, 2.45) is 5.10 Å². The Morgan fingerprint density at radius 3 is 2.48 bits per heavy atom. The Morgan fingerprint density at radius 1 is 1.22 bits per heavy atom.